The quantitative estimate of drug-likeness (QED) is 0.528. The van der Waals surface area contributed by atoms with E-state index in [2.05, 4.69) is 10.6 Å². The molecule has 0 saturated heterocycles. The molecule has 1 amide bonds. The number of aliphatic imine (C=N–C) groups is 1. The summed E-state index contributed by atoms with van der Waals surface area (Å²) >= 11 is 11.6. The molecular weight excluding hydrogens is 420 g/mol. The Hall–Kier alpha value is -2.48. The summed E-state index contributed by atoms with van der Waals surface area (Å²) < 4.78 is 5.50. The van der Waals surface area contributed by atoms with Gasteiger partial charge in [-0.3, -0.25) is 4.79 Å². The number of hydrogen-bond donors (Lipinski definition) is 2. The minimum Gasteiger partial charge on any atom is -0.377 e. The lowest BCUT2D eigenvalue weighted by atomic mass is 10.0. The first-order chi connectivity index (χ1) is 14.4. The Morgan fingerprint density at radius 2 is 2.00 bits per heavy atom. The van der Waals surface area contributed by atoms with Gasteiger partial charge in [0.05, 0.1) is 24.1 Å². The Morgan fingerprint density at radius 3 is 2.70 bits per heavy atom. The van der Waals surface area contributed by atoms with Crippen LogP contribution >= 0.6 is 23.8 Å². The van der Waals surface area contributed by atoms with E-state index in [0.717, 1.165) is 16.8 Å². The highest BCUT2D eigenvalue weighted by Gasteiger charge is 2.30. The van der Waals surface area contributed by atoms with Gasteiger partial charge in [0.2, 0.25) is 6.17 Å². The van der Waals surface area contributed by atoms with E-state index in [1.807, 2.05) is 56.3 Å². The predicted molar refractivity (Wildman–Crippen MR) is 126 cm³/mol. The Labute approximate surface area is 187 Å². The predicted octanol–water partition coefficient (Wildman–Crippen LogP) is 3.37. The first-order valence-corrected chi connectivity index (χ1v) is 10.5. The number of ether oxygens (including phenoxy) is 1. The highest BCUT2D eigenvalue weighted by Crippen LogP contribution is 2.29. The third-order valence-electron chi connectivity index (χ3n) is 4.55. The molecule has 2 aromatic rings. The molecule has 158 valence electrons. The van der Waals surface area contributed by atoms with Gasteiger partial charge < -0.3 is 20.3 Å². The fraction of sp³-hybridized carbons (Fsp3) is 0.318. The third kappa shape index (κ3) is 5.36. The minimum atomic E-state index is -0.873. The molecule has 1 aliphatic rings. The van der Waals surface area contributed by atoms with Crippen LogP contribution in [0.5, 0.6) is 0 Å². The smallest absolute Gasteiger partial charge is 0.272 e. The number of hydrogen-bond acceptors (Lipinski definition) is 4. The van der Waals surface area contributed by atoms with Crippen LogP contribution in [0.15, 0.2) is 53.5 Å². The number of amides is 1. The van der Waals surface area contributed by atoms with Gasteiger partial charge in [0.1, 0.15) is 0 Å². The number of rotatable bonds is 6. The summed E-state index contributed by atoms with van der Waals surface area (Å²) in [5.41, 5.74) is 3.09. The molecule has 0 aliphatic carbocycles. The van der Waals surface area contributed by atoms with Crippen molar-refractivity contribution in [3.63, 3.8) is 0 Å². The Morgan fingerprint density at radius 1 is 1.27 bits per heavy atom. The molecule has 3 rings (SSSR count). The van der Waals surface area contributed by atoms with Gasteiger partial charge in [-0.2, -0.15) is 0 Å². The van der Waals surface area contributed by atoms with Crippen LogP contribution in [0.3, 0.4) is 0 Å². The molecule has 2 N–H and O–H groups in total. The molecule has 2 aromatic carbocycles. The van der Waals surface area contributed by atoms with Crippen molar-refractivity contribution in [3.05, 3.63) is 64.7 Å². The number of nitrogens with one attached hydrogen (secondary N) is 2. The summed E-state index contributed by atoms with van der Waals surface area (Å²) in [5, 5.41) is 7.01. The number of halogens is 1. The second-order valence-electron chi connectivity index (χ2n) is 7.12. The zero-order valence-electron chi connectivity index (χ0n) is 17.2. The van der Waals surface area contributed by atoms with Crippen molar-refractivity contribution in [2.24, 2.45) is 4.99 Å². The zero-order chi connectivity index (χ0) is 21.7. The maximum atomic E-state index is 13.1. The van der Waals surface area contributed by atoms with Gasteiger partial charge in [-0.05, 0) is 44.3 Å². The number of anilines is 1. The molecule has 0 bridgehead atoms. The summed E-state index contributed by atoms with van der Waals surface area (Å²) in [5.74, 6) is -0.216. The van der Waals surface area contributed by atoms with Gasteiger partial charge in [0, 0.05) is 29.7 Å². The maximum Gasteiger partial charge on any atom is 0.272 e. The number of likely N-dealkylation sites (N-methyl/N-ethyl adjacent to an activating group) is 1. The van der Waals surface area contributed by atoms with Gasteiger partial charge in [-0.15, -0.1) is 0 Å². The molecule has 0 spiro atoms. The lowest BCUT2D eigenvalue weighted by Gasteiger charge is -2.22. The molecule has 1 atom stereocenters. The standard InChI is InChI=1S/C22H25ClN4O2S/c1-14(2)29-12-11-24-22(30)26-20-21(28)27(3)18-10-9-16(23)13-17(18)19(25-20)15-7-5-4-6-8-15/h4-10,13-14,20H,11-12H2,1-3H3,(H2,24,26,30). The van der Waals surface area contributed by atoms with E-state index in [1.165, 1.54) is 0 Å². The summed E-state index contributed by atoms with van der Waals surface area (Å²) in [6.45, 7) is 4.99. The van der Waals surface area contributed by atoms with E-state index in [-0.39, 0.29) is 12.0 Å². The van der Waals surface area contributed by atoms with Gasteiger partial charge in [-0.25, -0.2) is 4.99 Å². The van der Waals surface area contributed by atoms with Crippen molar-refractivity contribution in [1.82, 2.24) is 10.6 Å². The number of benzodiazepines with no additional fused rings is 1. The van der Waals surface area contributed by atoms with Crippen molar-refractivity contribution in [2.45, 2.75) is 26.1 Å². The lowest BCUT2D eigenvalue weighted by Crippen LogP contribution is -2.49. The number of nitrogens with zero attached hydrogens (tertiary/aromatic N) is 2. The third-order valence-corrected chi connectivity index (χ3v) is 5.05. The summed E-state index contributed by atoms with van der Waals surface area (Å²) in [6, 6.07) is 15.1. The first kappa shape index (κ1) is 22.2. The van der Waals surface area contributed by atoms with E-state index >= 15 is 0 Å². The van der Waals surface area contributed by atoms with Crippen molar-refractivity contribution < 1.29 is 9.53 Å². The summed E-state index contributed by atoms with van der Waals surface area (Å²) in [4.78, 5) is 19.5. The zero-order valence-corrected chi connectivity index (χ0v) is 18.8. The fourth-order valence-corrected chi connectivity index (χ4v) is 3.49. The Kier molecular flexibility index (Phi) is 7.42. The Bertz CT molecular complexity index is 949. The van der Waals surface area contributed by atoms with Crippen LogP contribution in [-0.4, -0.2) is 49.2 Å². The molecule has 1 heterocycles. The summed E-state index contributed by atoms with van der Waals surface area (Å²) in [7, 11) is 1.72. The molecule has 1 aliphatic heterocycles. The topological polar surface area (TPSA) is 66.0 Å². The molecule has 0 radical (unpaired) electrons. The van der Waals surface area contributed by atoms with E-state index in [1.54, 1.807) is 18.0 Å². The van der Waals surface area contributed by atoms with E-state index < -0.39 is 6.17 Å². The number of benzene rings is 2. The normalized spacial score (nSPS) is 16.0. The fourth-order valence-electron chi connectivity index (χ4n) is 3.10. The number of thiocarbonyl (C=S) groups is 1. The highest BCUT2D eigenvalue weighted by atomic mass is 35.5. The average Bonchev–Trinajstić information content (AvgIpc) is 2.82. The van der Waals surface area contributed by atoms with E-state index in [0.29, 0.717) is 29.0 Å². The highest BCUT2D eigenvalue weighted by molar-refractivity contribution is 7.80. The lowest BCUT2D eigenvalue weighted by molar-refractivity contribution is -0.119. The van der Waals surface area contributed by atoms with Crippen LogP contribution < -0.4 is 15.5 Å². The van der Waals surface area contributed by atoms with Crippen LogP contribution in [0, 0.1) is 0 Å². The van der Waals surface area contributed by atoms with Crippen LogP contribution in [0.4, 0.5) is 5.69 Å². The van der Waals surface area contributed by atoms with Crippen LogP contribution in [0.2, 0.25) is 5.02 Å². The van der Waals surface area contributed by atoms with Crippen molar-refractivity contribution in [2.75, 3.05) is 25.1 Å². The maximum absolute atomic E-state index is 13.1. The molecule has 30 heavy (non-hydrogen) atoms. The molecule has 8 heteroatoms. The molecule has 0 saturated carbocycles. The first-order valence-electron chi connectivity index (χ1n) is 9.73. The van der Waals surface area contributed by atoms with Gasteiger partial charge in [0.15, 0.2) is 5.11 Å². The second kappa shape index (κ2) is 10.0. The van der Waals surface area contributed by atoms with Crippen LogP contribution in [-0.2, 0) is 9.53 Å². The van der Waals surface area contributed by atoms with Gasteiger partial charge in [0.25, 0.3) is 5.91 Å². The Balaban J connectivity index is 1.90. The molecule has 6 nitrogen and oxygen atoms in total. The van der Waals surface area contributed by atoms with Crippen molar-refractivity contribution in [3.8, 4) is 0 Å². The average molecular weight is 445 g/mol. The molecular formula is C22H25ClN4O2S. The monoisotopic (exact) mass is 444 g/mol. The second-order valence-corrected chi connectivity index (χ2v) is 7.97. The van der Waals surface area contributed by atoms with Crippen molar-refractivity contribution in [1.29, 1.82) is 0 Å². The van der Waals surface area contributed by atoms with Gasteiger partial charge in [-0.1, -0.05) is 41.9 Å². The van der Waals surface area contributed by atoms with Crippen molar-refractivity contribution >= 4 is 46.2 Å². The molecule has 0 fully saturated rings. The van der Waals surface area contributed by atoms with Crippen LogP contribution in [0.25, 0.3) is 0 Å². The molecule has 0 aromatic heterocycles. The summed E-state index contributed by atoms with van der Waals surface area (Å²) in [6.07, 6.45) is -0.726. The SMILES string of the molecule is CC(C)OCCNC(=S)NC1N=C(c2ccccc2)c2cc(Cl)ccc2N(C)C1=O. The number of carbonyl (C=O) groups excluding carboxylic acids is 1. The van der Waals surface area contributed by atoms with E-state index in [4.69, 9.17) is 33.5 Å². The minimum absolute atomic E-state index is 0.147. The van der Waals surface area contributed by atoms with Gasteiger partial charge >= 0.3 is 0 Å². The van der Waals surface area contributed by atoms with E-state index in [9.17, 15) is 4.79 Å². The van der Waals surface area contributed by atoms with Crippen LogP contribution in [0.1, 0.15) is 25.0 Å². The molecule has 1 unspecified atom stereocenters. The number of carbonyl (C=O) groups is 1. The largest absolute Gasteiger partial charge is 0.377 e. The number of fused-ring (bicyclic) bond motifs is 1.